The summed E-state index contributed by atoms with van der Waals surface area (Å²) in [5, 5.41) is 28.4. The zero-order valence-corrected chi connectivity index (χ0v) is 11.1. The third-order valence-corrected chi connectivity index (χ3v) is 5.98. The molecule has 19 heavy (non-hydrogen) atoms. The number of hydrogen-bond acceptors (Lipinski definition) is 3. The van der Waals surface area contributed by atoms with E-state index in [1.165, 1.54) is 0 Å². The highest BCUT2D eigenvalue weighted by Gasteiger charge is 2.81. The Bertz CT molecular complexity index is 466. The van der Waals surface area contributed by atoms with Crippen molar-refractivity contribution in [3.8, 4) is 0 Å². The van der Waals surface area contributed by atoms with E-state index in [2.05, 4.69) is 0 Å². The summed E-state index contributed by atoms with van der Waals surface area (Å²) in [7, 11) is 0. The van der Waals surface area contributed by atoms with E-state index in [-0.39, 0.29) is 0 Å². The lowest BCUT2D eigenvalue weighted by atomic mass is 9.56. The molecule has 106 valence electrons. The predicted octanol–water partition coefficient (Wildman–Crippen LogP) is 1.30. The van der Waals surface area contributed by atoms with Crippen molar-refractivity contribution in [2.24, 2.45) is 28.1 Å². The molecule has 0 spiro atoms. The quantitative estimate of drug-likeness (QED) is 0.666. The molecule has 2 fully saturated rings. The minimum absolute atomic E-state index is 0.424. The van der Waals surface area contributed by atoms with Crippen molar-refractivity contribution in [1.29, 1.82) is 0 Å². The molecule has 2 rings (SSSR count). The summed E-state index contributed by atoms with van der Waals surface area (Å²) in [6.07, 6.45) is 0.982. The van der Waals surface area contributed by atoms with Crippen LogP contribution in [0.3, 0.4) is 0 Å². The molecule has 2 aliphatic carbocycles. The van der Waals surface area contributed by atoms with E-state index in [0.29, 0.717) is 12.8 Å². The van der Waals surface area contributed by atoms with Gasteiger partial charge in [-0.05, 0) is 24.2 Å². The molecule has 6 heteroatoms. The van der Waals surface area contributed by atoms with Gasteiger partial charge in [0.1, 0.15) is 0 Å². The molecule has 3 N–H and O–H groups in total. The van der Waals surface area contributed by atoms with Crippen LogP contribution in [0.2, 0.25) is 0 Å². The highest BCUT2D eigenvalue weighted by atomic mass is 16.4. The van der Waals surface area contributed by atoms with Gasteiger partial charge >= 0.3 is 17.9 Å². The fraction of sp³-hybridized carbons (Fsp3) is 0.769. The van der Waals surface area contributed by atoms with Crippen LogP contribution in [0.25, 0.3) is 0 Å². The van der Waals surface area contributed by atoms with Crippen molar-refractivity contribution in [3.63, 3.8) is 0 Å². The molecule has 0 saturated heterocycles. The van der Waals surface area contributed by atoms with Gasteiger partial charge in [-0.1, -0.05) is 20.8 Å². The van der Waals surface area contributed by atoms with Crippen LogP contribution in [-0.4, -0.2) is 33.2 Å². The SMILES string of the molecule is CC1(C)C2CCC1(C)C(C(=O)O)(C(=O)O)C2C(=O)O. The van der Waals surface area contributed by atoms with Gasteiger partial charge in [-0.15, -0.1) is 0 Å². The molecule has 0 radical (unpaired) electrons. The Morgan fingerprint density at radius 1 is 1.00 bits per heavy atom. The largest absolute Gasteiger partial charge is 0.481 e. The molecular formula is C13H18O6. The Morgan fingerprint density at radius 3 is 1.79 bits per heavy atom. The number of hydrogen-bond donors (Lipinski definition) is 3. The molecule has 3 unspecified atom stereocenters. The second-order valence-electron chi connectivity index (χ2n) is 6.43. The Labute approximate surface area is 110 Å². The van der Waals surface area contributed by atoms with E-state index in [4.69, 9.17) is 0 Å². The van der Waals surface area contributed by atoms with E-state index in [1.54, 1.807) is 20.8 Å². The van der Waals surface area contributed by atoms with Crippen LogP contribution in [0.1, 0.15) is 33.6 Å². The molecule has 0 aliphatic heterocycles. The minimum Gasteiger partial charge on any atom is -0.481 e. The molecule has 2 aliphatic rings. The van der Waals surface area contributed by atoms with E-state index < -0.39 is 46.0 Å². The monoisotopic (exact) mass is 270 g/mol. The first-order chi connectivity index (χ1) is 8.55. The van der Waals surface area contributed by atoms with Crippen LogP contribution in [0, 0.1) is 28.1 Å². The highest BCUT2D eigenvalue weighted by molar-refractivity contribution is 6.04. The molecule has 2 bridgehead atoms. The molecule has 3 atom stereocenters. The topological polar surface area (TPSA) is 112 Å². The maximum atomic E-state index is 11.7. The van der Waals surface area contributed by atoms with Crippen molar-refractivity contribution in [1.82, 2.24) is 0 Å². The van der Waals surface area contributed by atoms with Crippen LogP contribution in [0.5, 0.6) is 0 Å². The first-order valence-corrected chi connectivity index (χ1v) is 6.24. The second-order valence-corrected chi connectivity index (χ2v) is 6.43. The summed E-state index contributed by atoms with van der Waals surface area (Å²) < 4.78 is 0. The van der Waals surface area contributed by atoms with Crippen molar-refractivity contribution in [2.45, 2.75) is 33.6 Å². The average molecular weight is 270 g/mol. The highest BCUT2D eigenvalue weighted by Crippen LogP contribution is 2.75. The maximum absolute atomic E-state index is 11.7. The molecule has 0 heterocycles. The second kappa shape index (κ2) is 3.49. The summed E-state index contributed by atoms with van der Waals surface area (Å²) in [5.41, 5.74) is -3.94. The molecule has 0 aromatic heterocycles. The van der Waals surface area contributed by atoms with Gasteiger partial charge in [0.05, 0.1) is 5.92 Å². The van der Waals surface area contributed by atoms with Gasteiger partial charge in [-0.25, -0.2) is 0 Å². The number of rotatable bonds is 3. The first kappa shape index (κ1) is 13.8. The van der Waals surface area contributed by atoms with Crippen LogP contribution in [0.4, 0.5) is 0 Å². The Morgan fingerprint density at radius 2 is 1.47 bits per heavy atom. The number of carbonyl (C=O) groups is 3. The maximum Gasteiger partial charge on any atom is 0.322 e. The first-order valence-electron chi connectivity index (χ1n) is 6.24. The van der Waals surface area contributed by atoms with Gasteiger partial charge in [-0.2, -0.15) is 0 Å². The molecule has 0 amide bonds. The van der Waals surface area contributed by atoms with Gasteiger partial charge in [0, 0.05) is 5.41 Å². The number of carboxylic acids is 3. The summed E-state index contributed by atoms with van der Waals surface area (Å²) in [4.78, 5) is 35.0. The minimum atomic E-state index is -2.24. The standard InChI is InChI=1S/C13H18O6/c1-11(2)6-4-5-12(11,3)13(9(16)17,10(18)19)7(6)8(14)15/h6-7H,4-5H2,1-3H3,(H,14,15)(H,16,17)(H,18,19). The Hall–Kier alpha value is -1.59. The normalized spacial score (nSPS) is 38.1. The van der Waals surface area contributed by atoms with Crippen molar-refractivity contribution < 1.29 is 29.7 Å². The van der Waals surface area contributed by atoms with E-state index >= 15 is 0 Å². The van der Waals surface area contributed by atoms with Crippen molar-refractivity contribution in [2.75, 3.05) is 0 Å². The van der Waals surface area contributed by atoms with E-state index in [0.717, 1.165) is 0 Å². The van der Waals surface area contributed by atoms with Gasteiger partial charge in [0.15, 0.2) is 5.41 Å². The van der Waals surface area contributed by atoms with Crippen molar-refractivity contribution >= 4 is 17.9 Å². The van der Waals surface area contributed by atoms with Crippen LogP contribution < -0.4 is 0 Å². The zero-order valence-electron chi connectivity index (χ0n) is 11.1. The van der Waals surface area contributed by atoms with Gasteiger partial charge in [0.25, 0.3) is 0 Å². The van der Waals surface area contributed by atoms with Crippen LogP contribution >= 0.6 is 0 Å². The van der Waals surface area contributed by atoms with Crippen molar-refractivity contribution in [3.05, 3.63) is 0 Å². The van der Waals surface area contributed by atoms with Crippen LogP contribution in [0.15, 0.2) is 0 Å². The fourth-order valence-electron chi connectivity index (χ4n) is 4.66. The molecule has 2 saturated carbocycles. The number of aliphatic carboxylic acids is 3. The van der Waals surface area contributed by atoms with Gasteiger partial charge in [0.2, 0.25) is 0 Å². The zero-order chi connectivity index (χ0) is 14.8. The smallest absolute Gasteiger partial charge is 0.322 e. The summed E-state index contributed by atoms with van der Waals surface area (Å²) in [5.74, 6) is -6.21. The fourth-order valence-corrected chi connectivity index (χ4v) is 4.66. The molecule has 0 aromatic carbocycles. The van der Waals surface area contributed by atoms with E-state index in [9.17, 15) is 29.7 Å². The molecule has 0 aromatic rings. The third kappa shape index (κ3) is 1.15. The van der Waals surface area contributed by atoms with Gasteiger partial charge < -0.3 is 15.3 Å². The lowest BCUT2D eigenvalue weighted by Gasteiger charge is -2.44. The Balaban J connectivity index is 2.79. The lowest BCUT2D eigenvalue weighted by molar-refractivity contribution is -0.187. The third-order valence-electron chi connectivity index (χ3n) is 5.98. The molecular weight excluding hydrogens is 252 g/mol. The predicted molar refractivity (Wildman–Crippen MR) is 63.4 cm³/mol. The van der Waals surface area contributed by atoms with Crippen LogP contribution in [-0.2, 0) is 14.4 Å². The lowest BCUT2D eigenvalue weighted by Crippen LogP contribution is -2.57. The summed E-state index contributed by atoms with van der Waals surface area (Å²) >= 11 is 0. The number of fused-ring (bicyclic) bond motifs is 2. The number of carboxylic acid groups (broad SMARTS) is 3. The average Bonchev–Trinajstić information content (AvgIpc) is 2.56. The van der Waals surface area contributed by atoms with E-state index in [1.807, 2.05) is 0 Å². The summed E-state index contributed by atoms with van der Waals surface area (Å²) in [6.45, 7) is 5.18. The van der Waals surface area contributed by atoms with Gasteiger partial charge in [-0.3, -0.25) is 14.4 Å². The molecule has 6 nitrogen and oxygen atoms in total. The summed E-state index contributed by atoms with van der Waals surface area (Å²) in [6, 6.07) is 0. The Kier molecular flexibility index (Phi) is 2.54.